The van der Waals surface area contributed by atoms with Crippen molar-refractivity contribution in [2.24, 2.45) is 11.7 Å². The summed E-state index contributed by atoms with van der Waals surface area (Å²) in [6.45, 7) is 5.72. The van der Waals surface area contributed by atoms with Crippen LogP contribution in [-0.2, 0) is 25.6 Å². The van der Waals surface area contributed by atoms with Gasteiger partial charge in [0.05, 0.1) is 0 Å². The lowest BCUT2D eigenvalue weighted by Crippen LogP contribution is -2.56. The Morgan fingerprint density at radius 2 is 1.74 bits per heavy atom. The van der Waals surface area contributed by atoms with Crippen LogP contribution in [0, 0.1) is 5.92 Å². The monoisotopic (exact) mass is 466 g/mol. The van der Waals surface area contributed by atoms with Crippen LogP contribution < -0.4 is 16.4 Å². The highest BCUT2D eigenvalue weighted by molar-refractivity contribution is 5.94. The van der Waals surface area contributed by atoms with E-state index in [9.17, 15) is 19.2 Å². The van der Waals surface area contributed by atoms with Gasteiger partial charge in [0.15, 0.2) is 0 Å². The number of carbonyl (C=O) groups is 4. The summed E-state index contributed by atoms with van der Waals surface area (Å²) in [6, 6.07) is 11.5. The number of primary amides is 1. The van der Waals surface area contributed by atoms with Crippen LogP contribution in [0.25, 0.3) is 10.8 Å². The largest absolute Gasteiger partial charge is 0.368 e. The van der Waals surface area contributed by atoms with Crippen LogP contribution in [0.1, 0.15) is 45.6 Å². The van der Waals surface area contributed by atoms with Crippen LogP contribution in [0.4, 0.5) is 0 Å². The molecule has 3 rings (SSSR count). The first-order valence-corrected chi connectivity index (χ1v) is 11.8. The summed E-state index contributed by atoms with van der Waals surface area (Å²) in [6.07, 6.45) is 1.92. The molecule has 0 aromatic heterocycles. The number of likely N-dealkylation sites (tertiary alicyclic amines) is 1. The Hall–Kier alpha value is -3.42. The summed E-state index contributed by atoms with van der Waals surface area (Å²) in [5, 5.41) is 7.70. The van der Waals surface area contributed by atoms with Gasteiger partial charge in [0, 0.05) is 19.9 Å². The Labute approximate surface area is 200 Å². The van der Waals surface area contributed by atoms with E-state index in [2.05, 4.69) is 10.6 Å². The predicted octanol–water partition coefficient (Wildman–Crippen LogP) is 1.89. The molecule has 1 fully saturated rings. The quantitative estimate of drug-likeness (QED) is 0.522. The second-order valence-corrected chi connectivity index (χ2v) is 9.42. The van der Waals surface area contributed by atoms with Crippen molar-refractivity contribution in [2.75, 3.05) is 6.54 Å². The maximum Gasteiger partial charge on any atom is 0.245 e. The van der Waals surface area contributed by atoms with E-state index < -0.39 is 29.9 Å². The standard InChI is InChI=1S/C26H34N4O4/c1-16(2)13-22(26(34)30-12-6-9-23(30)24(27)32)29-25(33)21(28-17(3)31)15-18-10-11-19-7-4-5-8-20(19)14-18/h4-5,7-8,10-11,14,16,21-23H,6,9,12-13,15H2,1-3H3,(H2,27,32)(H,28,31)(H,29,33)/t21-,22+,23+/m1/s1. The molecule has 8 nitrogen and oxygen atoms in total. The zero-order valence-electron chi connectivity index (χ0n) is 20.0. The fraction of sp³-hybridized carbons (Fsp3) is 0.462. The fourth-order valence-electron chi connectivity index (χ4n) is 4.55. The van der Waals surface area contributed by atoms with Crippen molar-refractivity contribution in [3.05, 3.63) is 48.0 Å². The molecule has 182 valence electrons. The molecule has 0 aliphatic carbocycles. The molecule has 0 unspecified atom stereocenters. The van der Waals surface area contributed by atoms with Crippen LogP contribution in [0.3, 0.4) is 0 Å². The van der Waals surface area contributed by atoms with Gasteiger partial charge in [-0.2, -0.15) is 0 Å². The van der Waals surface area contributed by atoms with Crippen molar-refractivity contribution in [3.8, 4) is 0 Å². The highest BCUT2D eigenvalue weighted by Crippen LogP contribution is 2.21. The molecule has 1 aliphatic heterocycles. The lowest BCUT2D eigenvalue weighted by molar-refractivity contribution is -0.141. The zero-order chi connectivity index (χ0) is 24.8. The van der Waals surface area contributed by atoms with E-state index in [-0.39, 0.29) is 24.2 Å². The Balaban J connectivity index is 1.79. The molecule has 1 saturated heterocycles. The fourth-order valence-corrected chi connectivity index (χ4v) is 4.55. The van der Waals surface area contributed by atoms with Crippen molar-refractivity contribution >= 4 is 34.4 Å². The minimum atomic E-state index is -0.841. The van der Waals surface area contributed by atoms with Crippen molar-refractivity contribution in [2.45, 2.75) is 64.6 Å². The molecule has 0 bridgehead atoms. The number of nitrogens with zero attached hydrogens (tertiary/aromatic N) is 1. The van der Waals surface area contributed by atoms with E-state index in [1.165, 1.54) is 11.8 Å². The first-order chi connectivity index (χ1) is 16.2. The van der Waals surface area contributed by atoms with Gasteiger partial charge in [-0.15, -0.1) is 0 Å². The molecule has 1 aliphatic rings. The normalized spacial score (nSPS) is 17.4. The second kappa shape index (κ2) is 11.1. The van der Waals surface area contributed by atoms with E-state index in [1.807, 2.05) is 56.3 Å². The molecule has 8 heteroatoms. The number of benzene rings is 2. The summed E-state index contributed by atoms with van der Waals surface area (Å²) in [7, 11) is 0. The number of hydrogen-bond donors (Lipinski definition) is 3. The lowest BCUT2D eigenvalue weighted by atomic mass is 9.99. The summed E-state index contributed by atoms with van der Waals surface area (Å²) in [5.74, 6) is -1.48. The maximum atomic E-state index is 13.3. The smallest absolute Gasteiger partial charge is 0.245 e. The molecule has 0 radical (unpaired) electrons. The Bertz CT molecular complexity index is 1070. The Morgan fingerprint density at radius 1 is 1.03 bits per heavy atom. The average Bonchev–Trinajstić information content (AvgIpc) is 3.27. The Morgan fingerprint density at radius 3 is 2.38 bits per heavy atom. The minimum Gasteiger partial charge on any atom is -0.368 e. The molecule has 0 spiro atoms. The van der Waals surface area contributed by atoms with Crippen molar-refractivity contribution in [1.29, 1.82) is 0 Å². The van der Waals surface area contributed by atoms with Crippen LogP contribution >= 0.6 is 0 Å². The molecular weight excluding hydrogens is 432 g/mol. The molecular formula is C26H34N4O4. The topological polar surface area (TPSA) is 122 Å². The van der Waals surface area contributed by atoms with Gasteiger partial charge in [-0.25, -0.2) is 0 Å². The van der Waals surface area contributed by atoms with E-state index in [4.69, 9.17) is 5.73 Å². The SMILES string of the molecule is CC(=O)N[C@H](Cc1ccc2ccccc2c1)C(=O)N[C@@H](CC(C)C)C(=O)N1CCC[C@H]1C(N)=O. The van der Waals surface area contributed by atoms with Gasteiger partial charge < -0.3 is 21.3 Å². The molecule has 34 heavy (non-hydrogen) atoms. The van der Waals surface area contributed by atoms with E-state index in [1.54, 1.807) is 0 Å². The van der Waals surface area contributed by atoms with Crippen molar-refractivity contribution in [1.82, 2.24) is 15.5 Å². The molecule has 1 heterocycles. The lowest BCUT2D eigenvalue weighted by Gasteiger charge is -2.30. The van der Waals surface area contributed by atoms with E-state index in [0.29, 0.717) is 25.8 Å². The van der Waals surface area contributed by atoms with Crippen LogP contribution in [0.15, 0.2) is 42.5 Å². The average molecular weight is 467 g/mol. The molecule has 4 amide bonds. The third-order valence-electron chi connectivity index (χ3n) is 6.13. The van der Waals surface area contributed by atoms with Crippen LogP contribution in [-0.4, -0.2) is 53.2 Å². The number of fused-ring (bicyclic) bond motifs is 1. The third-order valence-corrected chi connectivity index (χ3v) is 6.13. The van der Waals surface area contributed by atoms with Crippen molar-refractivity contribution < 1.29 is 19.2 Å². The van der Waals surface area contributed by atoms with Gasteiger partial charge in [-0.3, -0.25) is 19.2 Å². The van der Waals surface area contributed by atoms with Gasteiger partial charge in [0.2, 0.25) is 23.6 Å². The Kier molecular flexibility index (Phi) is 8.26. The van der Waals surface area contributed by atoms with Gasteiger partial charge in [0.1, 0.15) is 18.1 Å². The molecule has 2 aromatic rings. The van der Waals surface area contributed by atoms with Gasteiger partial charge >= 0.3 is 0 Å². The number of nitrogens with one attached hydrogen (secondary N) is 2. The van der Waals surface area contributed by atoms with Gasteiger partial charge in [-0.1, -0.05) is 56.3 Å². The molecule has 2 aromatic carbocycles. The number of rotatable bonds is 9. The first-order valence-electron chi connectivity index (χ1n) is 11.8. The van der Waals surface area contributed by atoms with E-state index in [0.717, 1.165) is 16.3 Å². The zero-order valence-corrected chi connectivity index (χ0v) is 20.0. The van der Waals surface area contributed by atoms with Gasteiger partial charge in [0.25, 0.3) is 0 Å². The number of hydrogen-bond acceptors (Lipinski definition) is 4. The minimum absolute atomic E-state index is 0.128. The van der Waals surface area contributed by atoms with E-state index >= 15 is 0 Å². The summed E-state index contributed by atoms with van der Waals surface area (Å²) in [4.78, 5) is 51.7. The first kappa shape index (κ1) is 25.2. The van der Waals surface area contributed by atoms with Crippen molar-refractivity contribution in [3.63, 3.8) is 0 Å². The highest BCUT2D eigenvalue weighted by atomic mass is 16.2. The third kappa shape index (κ3) is 6.34. The summed E-state index contributed by atoms with van der Waals surface area (Å²) >= 11 is 0. The summed E-state index contributed by atoms with van der Waals surface area (Å²) in [5.41, 5.74) is 6.39. The highest BCUT2D eigenvalue weighted by Gasteiger charge is 2.37. The van der Waals surface area contributed by atoms with Gasteiger partial charge in [-0.05, 0) is 41.5 Å². The summed E-state index contributed by atoms with van der Waals surface area (Å²) < 4.78 is 0. The van der Waals surface area contributed by atoms with Crippen LogP contribution in [0.2, 0.25) is 0 Å². The molecule has 3 atom stereocenters. The molecule has 4 N–H and O–H groups in total. The van der Waals surface area contributed by atoms with Crippen LogP contribution in [0.5, 0.6) is 0 Å². The number of nitrogens with two attached hydrogens (primary N) is 1. The number of amides is 4. The second-order valence-electron chi connectivity index (χ2n) is 9.42. The maximum absolute atomic E-state index is 13.3. The number of carbonyl (C=O) groups excluding carboxylic acids is 4. The molecule has 0 saturated carbocycles. The predicted molar refractivity (Wildman–Crippen MR) is 131 cm³/mol.